The number of carbonyl (C=O) groups is 4. The van der Waals surface area contributed by atoms with Gasteiger partial charge in [0, 0.05) is 6.92 Å². The van der Waals surface area contributed by atoms with Crippen LogP contribution in [0.4, 0.5) is 0 Å². The quantitative estimate of drug-likeness (QED) is 0.345. The number of aliphatic carboxylic acids is 1. The molecular formula is C14H18O11. The van der Waals surface area contributed by atoms with Crippen LogP contribution in [-0.4, -0.2) is 78.9 Å². The van der Waals surface area contributed by atoms with E-state index in [1.807, 2.05) is 0 Å². The van der Waals surface area contributed by atoms with Crippen molar-refractivity contribution in [1.29, 1.82) is 0 Å². The summed E-state index contributed by atoms with van der Waals surface area (Å²) < 4.78 is 0. The standard InChI is InChI=1S/C9H6O6.C3H8O3.C2H4O2/c10-7(11)4-1-2-5(8(12)13)6(3-4)9(14)15;4-1-3(6)2-5;1-2(3)4/h1-3H,(H,10,11)(H,12,13)(H,14,15);3-6H,1-2H2;1H3,(H,3,4). The van der Waals surface area contributed by atoms with Gasteiger partial charge in [0.2, 0.25) is 0 Å². The van der Waals surface area contributed by atoms with Crippen LogP contribution in [0.2, 0.25) is 0 Å². The molecular weight excluding hydrogens is 344 g/mol. The summed E-state index contributed by atoms with van der Waals surface area (Å²) in [5.74, 6) is -5.03. The maximum atomic E-state index is 10.6. The summed E-state index contributed by atoms with van der Waals surface area (Å²) in [7, 11) is 0. The van der Waals surface area contributed by atoms with Gasteiger partial charge < -0.3 is 35.7 Å². The molecule has 0 fully saturated rings. The molecule has 7 N–H and O–H groups in total. The van der Waals surface area contributed by atoms with E-state index in [9.17, 15) is 14.4 Å². The van der Waals surface area contributed by atoms with Crippen LogP contribution in [0.15, 0.2) is 18.2 Å². The highest BCUT2D eigenvalue weighted by molar-refractivity contribution is 6.03. The van der Waals surface area contributed by atoms with E-state index in [-0.39, 0.29) is 18.8 Å². The number of rotatable bonds is 5. The molecule has 1 rings (SSSR count). The summed E-state index contributed by atoms with van der Waals surface area (Å²) >= 11 is 0. The molecule has 0 heterocycles. The van der Waals surface area contributed by atoms with E-state index in [4.69, 9.17) is 40.5 Å². The van der Waals surface area contributed by atoms with Crippen molar-refractivity contribution < 1.29 is 54.9 Å². The zero-order valence-electron chi connectivity index (χ0n) is 13.0. The van der Waals surface area contributed by atoms with Crippen molar-refractivity contribution in [2.75, 3.05) is 13.2 Å². The number of hydrogen-bond donors (Lipinski definition) is 7. The van der Waals surface area contributed by atoms with E-state index in [1.165, 1.54) is 0 Å². The Kier molecular flexibility index (Phi) is 12.0. The van der Waals surface area contributed by atoms with Crippen LogP contribution in [0.1, 0.15) is 38.0 Å². The Morgan fingerprint density at radius 3 is 1.48 bits per heavy atom. The van der Waals surface area contributed by atoms with E-state index >= 15 is 0 Å². The number of hydrogen-bond acceptors (Lipinski definition) is 7. The van der Waals surface area contributed by atoms with Gasteiger partial charge in [-0.15, -0.1) is 0 Å². The van der Waals surface area contributed by atoms with Crippen molar-refractivity contribution in [3.8, 4) is 0 Å². The minimum atomic E-state index is -1.48. The van der Waals surface area contributed by atoms with E-state index in [0.717, 1.165) is 25.1 Å². The first-order valence-corrected chi connectivity index (χ1v) is 6.41. The monoisotopic (exact) mass is 362 g/mol. The fraction of sp³-hybridized carbons (Fsp3) is 0.286. The Hall–Kier alpha value is -3.02. The molecule has 0 aliphatic heterocycles. The highest BCUT2D eigenvalue weighted by Gasteiger charge is 2.17. The molecule has 11 nitrogen and oxygen atoms in total. The molecule has 0 bridgehead atoms. The van der Waals surface area contributed by atoms with Crippen LogP contribution in [0.25, 0.3) is 0 Å². The Bertz CT molecular complexity index is 601. The maximum Gasteiger partial charge on any atom is 0.336 e. The highest BCUT2D eigenvalue weighted by atomic mass is 16.4. The highest BCUT2D eigenvalue weighted by Crippen LogP contribution is 2.12. The van der Waals surface area contributed by atoms with Gasteiger partial charge >= 0.3 is 17.9 Å². The lowest BCUT2D eigenvalue weighted by Crippen LogP contribution is -2.15. The maximum absolute atomic E-state index is 10.6. The summed E-state index contributed by atoms with van der Waals surface area (Å²) in [6.45, 7) is 0.354. The molecule has 0 amide bonds. The Morgan fingerprint density at radius 1 is 0.840 bits per heavy atom. The van der Waals surface area contributed by atoms with Gasteiger partial charge in [-0.25, -0.2) is 14.4 Å². The van der Waals surface area contributed by atoms with Crippen molar-refractivity contribution in [1.82, 2.24) is 0 Å². The van der Waals surface area contributed by atoms with Gasteiger partial charge in [-0.3, -0.25) is 4.79 Å². The van der Waals surface area contributed by atoms with Crippen molar-refractivity contribution >= 4 is 23.9 Å². The molecule has 1 aromatic rings. The van der Waals surface area contributed by atoms with E-state index < -0.39 is 41.1 Å². The van der Waals surface area contributed by atoms with Crippen LogP contribution in [0, 0.1) is 0 Å². The minimum Gasteiger partial charge on any atom is -0.481 e. The first kappa shape index (κ1) is 24.2. The number of carboxylic acid groups (broad SMARTS) is 4. The van der Waals surface area contributed by atoms with Crippen molar-refractivity contribution in [3.63, 3.8) is 0 Å². The molecule has 0 unspecified atom stereocenters. The topological polar surface area (TPSA) is 210 Å². The van der Waals surface area contributed by atoms with Gasteiger partial charge in [0.1, 0.15) is 6.10 Å². The summed E-state index contributed by atoms with van der Waals surface area (Å²) in [6, 6.07) is 2.81. The SMILES string of the molecule is CC(=O)O.O=C(O)c1ccc(C(=O)O)c(C(=O)O)c1.OCC(O)CO. The smallest absolute Gasteiger partial charge is 0.336 e. The predicted molar refractivity (Wildman–Crippen MR) is 80.8 cm³/mol. The van der Waals surface area contributed by atoms with Gasteiger partial charge in [0.25, 0.3) is 5.97 Å². The van der Waals surface area contributed by atoms with Crippen LogP contribution < -0.4 is 0 Å². The molecule has 140 valence electrons. The summed E-state index contributed by atoms with van der Waals surface area (Å²) in [5, 5.41) is 57.3. The molecule has 0 spiro atoms. The Balaban J connectivity index is 0. The first-order chi connectivity index (χ1) is 11.5. The third-order valence-electron chi connectivity index (χ3n) is 2.15. The second-order valence-electron chi connectivity index (χ2n) is 4.21. The van der Waals surface area contributed by atoms with Crippen LogP contribution in [0.3, 0.4) is 0 Å². The normalized spacial score (nSPS) is 9.16. The van der Waals surface area contributed by atoms with Gasteiger partial charge in [-0.1, -0.05) is 0 Å². The van der Waals surface area contributed by atoms with Gasteiger partial charge in [-0.2, -0.15) is 0 Å². The van der Waals surface area contributed by atoms with Crippen molar-refractivity contribution in [2.24, 2.45) is 0 Å². The zero-order valence-corrected chi connectivity index (χ0v) is 13.0. The van der Waals surface area contributed by atoms with E-state index in [2.05, 4.69) is 0 Å². The minimum absolute atomic E-state index is 0.266. The molecule has 0 aromatic heterocycles. The Morgan fingerprint density at radius 2 is 1.24 bits per heavy atom. The molecule has 0 aliphatic rings. The second kappa shape index (κ2) is 12.4. The molecule has 0 saturated carbocycles. The lowest BCUT2D eigenvalue weighted by Gasteiger charge is -2.02. The predicted octanol–water partition coefficient (Wildman–Crippen LogP) is -0.796. The molecule has 25 heavy (non-hydrogen) atoms. The summed E-state index contributed by atoms with van der Waals surface area (Å²) in [4.78, 5) is 40.8. The second-order valence-corrected chi connectivity index (χ2v) is 4.21. The molecule has 1 aromatic carbocycles. The van der Waals surface area contributed by atoms with E-state index in [0.29, 0.717) is 0 Å². The van der Waals surface area contributed by atoms with Crippen molar-refractivity contribution in [3.05, 3.63) is 34.9 Å². The van der Waals surface area contributed by atoms with Crippen molar-refractivity contribution in [2.45, 2.75) is 13.0 Å². The summed E-state index contributed by atoms with van der Waals surface area (Å²) in [6.07, 6.45) is -0.954. The van der Waals surface area contributed by atoms with Gasteiger partial charge in [-0.05, 0) is 18.2 Å². The third-order valence-corrected chi connectivity index (χ3v) is 2.15. The average Bonchev–Trinajstić information content (AvgIpc) is 2.53. The fourth-order valence-electron chi connectivity index (χ4n) is 1.10. The molecule has 0 atom stereocenters. The number of benzene rings is 1. The average molecular weight is 362 g/mol. The van der Waals surface area contributed by atoms with Crippen LogP contribution >= 0.6 is 0 Å². The third kappa shape index (κ3) is 11.2. The van der Waals surface area contributed by atoms with Gasteiger partial charge in [0.05, 0.1) is 29.9 Å². The largest absolute Gasteiger partial charge is 0.481 e. The van der Waals surface area contributed by atoms with E-state index in [1.54, 1.807) is 0 Å². The molecule has 0 saturated heterocycles. The fourth-order valence-corrected chi connectivity index (χ4v) is 1.10. The number of aliphatic hydroxyl groups is 3. The first-order valence-electron chi connectivity index (χ1n) is 6.41. The zero-order chi connectivity index (χ0) is 20.2. The number of aliphatic hydroxyl groups excluding tert-OH is 3. The lowest BCUT2D eigenvalue weighted by molar-refractivity contribution is -0.134. The number of carboxylic acids is 4. The van der Waals surface area contributed by atoms with Gasteiger partial charge in [0.15, 0.2) is 0 Å². The number of aromatic carboxylic acids is 3. The summed E-state index contributed by atoms with van der Waals surface area (Å²) in [5.41, 5.74) is -1.24. The lowest BCUT2D eigenvalue weighted by atomic mass is 10.0. The van der Waals surface area contributed by atoms with Crippen LogP contribution in [-0.2, 0) is 4.79 Å². The molecule has 0 radical (unpaired) electrons. The molecule has 11 heteroatoms. The van der Waals surface area contributed by atoms with Crippen LogP contribution in [0.5, 0.6) is 0 Å². The Labute approximate surface area is 141 Å². The molecule has 0 aliphatic carbocycles.